The van der Waals surface area contributed by atoms with Crippen LogP contribution in [0.25, 0.3) is 0 Å². The molecule has 0 amide bonds. The summed E-state index contributed by atoms with van der Waals surface area (Å²) in [5.74, 6) is 2.40. The lowest BCUT2D eigenvalue weighted by molar-refractivity contribution is 0.438. The van der Waals surface area contributed by atoms with Gasteiger partial charge in [0.1, 0.15) is 0 Å². The molecule has 0 radical (unpaired) electrons. The predicted octanol–water partition coefficient (Wildman–Crippen LogP) is 3.31. The average Bonchev–Trinajstić information content (AvgIpc) is 2.56. The summed E-state index contributed by atoms with van der Waals surface area (Å²) in [6, 6.07) is 0. The monoisotopic (exact) mass is 223 g/mol. The van der Waals surface area contributed by atoms with Gasteiger partial charge in [0.2, 0.25) is 5.95 Å². The standard InChI is InChI=1S/C13H25N3/c1-6-7-16-9-12(5)15-13(16)14-8-11(4)10(2)3/h9-11H,6-8H2,1-5H3,(H,14,15). The van der Waals surface area contributed by atoms with E-state index in [0.717, 1.165) is 31.2 Å². The van der Waals surface area contributed by atoms with Crippen molar-refractivity contribution in [3.63, 3.8) is 0 Å². The molecule has 1 aromatic rings. The van der Waals surface area contributed by atoms with Crippen molar-refractivity contribution in [3.05, 3.63) is 11.9 Å². The maximum Gasteiger partial charge on any atom is 0.203 e. The van der Waals surface area contributed by atoms with E-state index in [2.05, 4.69) is 48.8 Å². The molecule has 0 fully saturated rings. The molecule has 0 saturated heterocycles. The van der Waals surface area contributed by atoms with Crippen molar-refractivity contribution in [3.8, 4) is 0 Å². The van der Waals surface area contributed by atoms with Gasteiger partial charge in [-0.2, -0.15) is 0 Å². The number of anilines is 1. The van der Waals surface area contributed by atoms with Crippen LogP contribution in [-0.2, 0) is 6.54 Å². The number of nitrogens with zero attached hydrogens (tertiary/aromatic N) is 2. The van der Waals surface area contributed by atoms with Crippen molar-refractivity contribution >= 4 is 5.95 Å². The van der Waals surface area contributed by atoms with Crippen LogP contribution in [0.4, 0.5) is 5.95 Å². The fraction of sp³-hybridized carbons (Fsp3) is 0.769. The van der Waals surface area contributed by atoms with Crippen molar-refractivity contribution < 1.29 is 0 Å². The zero-order valence-electron chi connectivity index (χ0n) is 11.2. The molecule has 1 unspecified atom stereocenters. The Balaban J connectivity index is 2.58. The molecule has 1 rings (SSSR count). The number of imidazole rings is 1. The molecule has 3 heteroatoms. The lowest BCUT2D eigenvalue weighted by atomic mass is 9.98. The maximum atomic E-state index is 4.51. The molecule has 3 nitrogen and oxygen atoms in total. The molecule has 1 atom stereocenters. The highest BCUT2D eigenvalue weighted by Crippen LogP contribution is 2.13. The van der Waals surface area contributed by atoms with E-state index in [1.807, 2.05) is 6.92 Å². The van der Waals surface area contributed by atoms with Gasteiger partial charge in [-0.15, -0.1) is 0 Å². The topological polar surface area (TPSA) is 29.9 Å². The fourth-order valence-electron chi connectivity index (χ4n) is 1.59. The minimum absolute atomic E-state index is 0.673. The van der Waals surface area contributed by atoms with Crippen molar-refractivity contribution in [1.29, 1.82) is 0 Å². The molecule has 0 aliphatic heterocycles. The van der Waals surface area contributed by atoms with E-state index >= 15 is 0 Å². The van der Waals surface area contributed by atoms with E-state index in [-0.39, 0.29) is 0 Å². The Bertz CT molecular complexity index is 315. The van der Waals surface area contributed by atoms with Gasteiger partial charge in [0.05, 0.1) is 5.69 Å². The van der Waals surface area contributed by atoms with Crippen LogP contribution >= 0.6 is 0 Å². The first-order valence-electron chi connectivity index (χ1n) is 6.32. The molecule has 0 aliphatic carbocycles. The van der Waals surface area contributed by atoms with E-state index in [0.29, 0.717) is 11.8 Å². The molecule has 0 aromatic carbocycles. The Morgan fingerprint density at radius 3 is 2.62 bits per heavy atom. The number of nitrogens with one attached hydrogen (secondary N) is 1. The second kappa shape index (κ2) is 5.92. The molecular weight excluding hydrogens is 198 g/mol. The van der Waals surface area contributed by atoms with Crippen LogP contribution in [0, 0.1) is 18.8 Å². The molecule has 0 spiro atoms. The van der Waals surface area contributed by atoms with E-state index in [4.69, 9.17) is 0 Å². The summed E-state index contributed by atoms with van der Waals surface area (Å²) in [7, 11) is 0. The van der Waals surface area contributed by atoms with Gasteiger partial charge >= 0.3 is 0 Å². The van der Waals surface area contributed by atoms with Crippen molar-refractivity contribution in [2.75, 3.05) is 11.9 Å². The number of rotatable bonds is 6. The van der Waals surface area contributed by atoms with Crippen LogP contribution < -0.4 is 5.32 Å². The third-order valence-electron chi connectivity index (χ3n) is 3.08. The van der Waals surface area contributed by atoms with Gasteiger partial charge in [-0.3, -0.25) is 0 Å². The van der Waals surface area contributed by atoms with E-state index in [9.17, 15) is 0 Å². The Kier molecular flexibility index (Phi) is 4.84. The second-order valence-corrected chi connectivity index (χ2v) is 5.00. The van der Waals surface area contributed by atoms with Gasteiger partial charge in [0, 0.05) is 19.3 Å². The summed E-state index contributed by atoms with van der Waals surface area (Å²) < 4.78 is 2.21. The average molecular weight is 223 g/mol. The smallest absolute Gasteiger partial charge is 0.203 e. The van der Waals surface area contributed by atoms with Gasteiger partial charge in [0.25, 0.3) is 0 Å². The zero-order valence-corrected chi connectivity index (χ0v) is 11.2. The van der Waals surface area contributed by atoms with Gasteiger partial charge in [-0.05, 0) is 25.2 Å². The largest absolute Gasteiger partial charge is 0.355 e. The lowest BCUT2D eigenvalue weighted by Gasteiger charge is -2.17. The fourth-order valence-corrected chi connectivity index (χ4v) is 1.59. The second-order valence-electron chi connectivity index (χ2n) is 5.00. The van der Waals surface area contributed by atoms with E-state index in [1.54, 1.807) is 0 Å². The third kappa shape index (κ3) is 3.54. The summed E-state index contributed by atoms with van der Waals surface area (Å²) in [4.78, 5) is 4.51. The first-order chi connectivity index (χ1) is 7.54. The Hall–Kier alpha value is -0.990. The van der Waals surface area contributed by atoms with Crippen LogP contribution in [0.3, 0.4) is 0 Å². The minimum Gasteiger partial charge on any atom is -0.355 e. The van der Waals surface area contributed by atoms with Crippen LogP contribution in [0.15, 0.2) is 6.20 Å². The van der Waals surface area contributed by atoms with Gasteiger partial charge in [-0.25, -0.2) is 4.98 Å². The molecule has 1 heterocycles. The number of hydrogen-bond donors (Lipinski definition) is 1. The lowest BCUT2D eigenvalue weighted by Crippen LogP contribution is -2.18. The number of aryl methyl sites for hydroxylation is 2. The van der Waals surface area contributed by atoms with Crippen LogP contribution in [0.2, 0.25) is 0 Å². The van der Waals surface area contributed by atoms with Crippen molar-refractivity contribution in [1.82, 2.24) is 9.55 Å². The Morgan fingerprint density at radius 2 is 2.06 bits per heavy atom. The van der Waals surface area contributed by atoms with Crippen LogP contribution in [-0.4, -0.2) is 16.1 Å². The predicted molar refractivity (Wildman–Crippen MR) is 69.7 cm³/mol. The summed E-state index contributed by atoms with van der Waals surface area (Å²) in [5, 5.41) is 3.45. The highest BCUT2D eigenvalue weighted by atomic mass is 15.2. The quantitative estimate of drug-likeness (QED) is 0.802. The number of hydrogen-bond acceptors (Lipinski definition) is 2. The van der Waals surface area contributed by atoms with Gasteiger partial charge in [0.15, 0.2) is 0 Å². The molecule has 0 aliphatic rings. The van der Waals surface area contributed by atoms with Crippen LogP contribution in [0.1, 0.15) is 39.8 Å². The highest BCUT2D eigenvalue weighted by molar-refractivity contribution is 5.28. The first kappa shape index (κ1) is 13.1. The first-order valence-corrected chi connectivity index (χ1v) is 6.32. The van der Waals surface area contributed by atoms with E-state index in [1.165, 1.54) is 0 Å². The van der Waals surface area contributed by atoms with Crippen molar-refractivity contribution in [2.24, 2.45) is 11.8 Å². The molecule has 1 aromatic heterocycles. The van der Waals surface area contributed by atoms with Gasteiger partial charge in [-0.1, -0.05) is 27.7 Å². The summed E-state index contributed by atoms with van der Waals surface area (Å²) in [5.41, 5.74) is 1.09. The SMILES string of the molecule is CCCn1cc(C)nc1NCC(C)C(C)C. The van der Waals surface area contributed by atoms with E-state index < -0.39 is 0 Å². The maximum absolute atomic E-state index is 4.51. The molecule has 92 valence electrons. The highest BCUT2D eigenvalue weighted by Gasteiger charge is 2.09. The molecule has 0 bridgehead atoms. The Morgan fingerprint density at radius 1 is 1.38 bits per heavy atom. The summed E-state index contributed by atoms with van der Waals surface area (Å²) in [6.45, 7) is 13.1. The summed E-state index contributed by atoms with van der Waals surface area (Å²) >= 11 is 0. The van der Waals surface area contributed by atoms with Gasteiger partial charge < -0.3 is 9.88 Å². The third-order valence-corrected chi connectivity index (χ3v) is 3.08. The molecule has 1 N–H and O–H groups in total. The van der Waals surface area contributed by atoms with Crippen LogP contribution in [0.5, 0.6) is 0 Å². The number of aromatic nitrogens is 2. The molecule has 16 heavy (non-hydrogen) atoms. The Labute approximate surface area is 99.3 Å². The van der Waals surface area contributed by atoms with Crippen molar-refractivity contribution in [2.45, 2.75) is 47.6 Å². The zero-order chi connectivity index (χ0) is 12.1. The molecular formula is C13H25N3. The minimum atomic E-state index is 0.673. The normalized spacial score (nSPS) is 13.1. The molecule has 0 saturated carbocycles. The summed E-state index contributed by atoms with van der Waals surface area (Å²) in [6.07, 6.45) is 3.26.